The van der Waals surface area contributed by atoms with Crippen molar-refractivity contribution in [1.29, 1.82) is 0 Å². The predicted octanol–water partition coefficient (Wildman–Crippen LogP) is 3.69. The van der Waals surface area contributed by atoms with Crippen molar-refractivity contribution in [3.8, 4) is 11.3 Å². The zero-order valence-corrected chi connectivity index (χ0v) is 16.3. The van der Waals surface area contributed by atoms with E-state index in [9.17, 15) is 4.79 Å². The van der Waals surface area contributed by atoms with Crippen LogP contribution in [0.15, 0.2) is 54.7 Å². The first-order valence-electron chi connectivity index (χ1n) is 8.52. The van der Waals surface area contributed by atoms with E-state index in [1.807, 2.05) is 30.3 Å². The molecule has 5 nitrogen and oxygen atoms in total. The molecule has 0 fully saturated rings. The summed E-state index contributed by atoms with van der Waals surface area (Å²) < 4.78 is 1.65. The molecule has 1 heterocycles. The maximum atomic E-state index is 12.6. The lowest BCUT2D eigenvalue weighted by Gasteiger charge is -2.17. The first-order chi connectivity index (χ1) is 13.0. The quantitative estimate of drug-likeness (QED) is 0.659. The highest BCUT2D eigenvalue weighted by atomic mass is 35.5. The molecule has 0 spiro atoms. The van der Waals surface area contributed by atoms with Crippen molar-refractivity contribution in [2.75, 3.05) is 6.54 Å². The summed E-state index contributed by atoms with van der Waals surface area (Å²) in [4.78, 5) is 12.6. The Morgan fingerprint density at radius 3 is 2.52 bits per heavy atom. The highest BCUT2D eigenvalue weighted by molar-refractivity contribution is 6.36. The van der Waals surface area contributed by atoms with E-state index in [0.717, 1.165) is 11.1 Å². The number of aromatic nitrogens is 2. The number of halogens is 2. The molecule has 3 N–H and O–H groups in total. The molecule has 1 aromatic heterocycles. The second-order valence-corrected chi connectivity index (χ2v) is 7.07. The molecular weight excluding hydrogens is 383 g/mol. The third-order valence-electron chi connectivity index (χ3n) is 4.33. The van der Waals surface area contributed by atoms with Gasteiger partial charge in [0.05, 0.1) is 21.9 Å². The first kappa shape index (κ1) is 19.4. The van der Waals surface area contributed by atoms with Gasteiger partial charge in [-0.05, 0) is 24.1 Å². The lowest BCUT2D eigenvalue weighted by Crippen LogP contribution is -2.41. The minimum Gasteiger partial charge on any atom is -0.348 e. The van der Waals surface area contributed by atoms with E-state index in [0.29, 0.717) is 34.3 Å². The second kappa shape index (κ2) is 8.57. The average Bonchev–Trinajstić information content (AvgIpc) is 3.00. The van der Waals surface area contributed by atoms with E-state index in [-0.39, 0.29) is 11.9 Å². The van der Waals surface area contributed by atoms with Crippen LogP contribution in [0.5, 0.6) is 0 Å². The number of aryl methyl sites for hydroxylation is 1. The van der Waals surface area contributed by atoms with Gasteiger partial charge in [0.15, 0.2) is 0 Å². The second-order valence-electron chi connectivity index (χ2n) is 6.26. The van der Waals surface area contributed by atoms with Gasteiger partial charge in [-0.2, -0.15) is 5.10 Å². The molecule has 0 aliphatic rings. The van der Waals surface area contributed by atoms with Gasteiger partial charge in [-0.1, -0.05) is 59.6 Å². The lowest BCUT2D eigenvalue weighted by molar-refractivity contribution is 0.0938. The van der Waals surface area contributed by atoms with Crippen LogP contribution in [0.3, 0.4) is 0 Å². The minimum atomic E-state index is -0.217. The molecule has 0 saturated carbocycles. The van der Waals surface area contributed by atoms with Crippen molar-refractivity contribution in [2.24, 2.45) is 12.8 Å². The van der Waals surface area contributed by atoms with Crippen LogP contribution >= 0.6 is 23.2 Å². The molecule has 3 aromatic rings. The Hall–Kier alpha value is -2.34. The fraction of sp³-hybridized carbons (Fsp3) is 0.200. The number of carbonyl (C=O) groups excluding carboxylic acids is 1. The molecule has 0 aliphatic carbocycles. The summed E-state index contributed by atoms with van der Waals surface area (Å²) in [5.41, 5.74) is 8.84. The number of nitrogens with two attached hydrogens (primary N) is 1. The Balaban J connectivity index is 1.76. The largest absolute Gasteiger partial charge is 0.348 e. The van der Waals surface area contributed by atoms with E-state index in [1.54, 1.807) is 36.1 Å². The van der Waals surface area contributed by atoms with Crippen molar-refractivity contribution in [2.45, 2.75) is 12.5 Å². The number of benzene rings is 2. The van der Waals surface area contributed by atoms with Crippen LogP contribution in [0.2, 0.25) is 10.0 Å². The van der Waals surface area contributed by atoms with Gasteiger partial charge in [0.25, 0.3) is 5.91 Å². The minimum absolute atomic E-state index is 0.162. The van der Waals surface area contributed by atoms with Gasteiger partial charge < -0.3 is 11.1 Å². The number of carbonyl (C=O) groups is 1. The number of nitrogens with one attached hydrogen (secondary N) is 1. The van der Waals surface area contributed by atoms with Crippen molar-refractivity contribution in [3.63, 3.8) is 0 Å². The van der Waals surface area contributed by atoms with Crippen LogP contribution < -0.4 is 11.1 Å². The molecule has 0 bridgehead atoms. The molecule has 0 radical (unpaired) electrons. The Labute approximate surface area is 168 Å². The van der Waals surface area contributed by atoms with Crippen LogP contribution in [0.25, 0.3) is 11.3 Å². The smallest absolute Gasteiger partial charge is 0.251 e. The molecular formula is C20H20Cl2N4O. The predicted molar refractivity (Wildman–Crippen MR) is 109 cm³/mol. The molecule has 0 saturated heterocycles. The molecule has 27 heavy (non-hydrogen) atoms. The van der Waals surface area contributed by atoms with Crippen LogP contribution in [0.1, 0.15) is 15.9 Å². The summed E-state index contributed by atoms with van der Waals surface area (Å²) in [7, 11) is 1.79. The third-order valence-corrected chi connectivity index (χ3v) is 4.91. The number of amides is 1. The summed E-state index contributed by atoms with van der Waals surface area (Å²) in [5.74, 6) is -0.217. The van der Waals surface area contributed by atoms with Gasteiger partial charge in [-0.25, -0.2) is 0 Å². The average molecular weight is 403 g/mol. The molecule has 1 amide bonds. The molecule has 0 aliphatic heterocycles. The summed E-state index contributed by atoms with van der Waals surface area (Å²) in [5, 5.41) is 8.02. The lowest BCUT2D eigenvalue weighted by atomic mass is 10.0. The number of nitrogens with zero attached hydrogens (tertiary/aromatic N) is 2. The highest BCUT2D eigenvalue weighted by Crippen LogP contribution is 2.33. The van der Waals surface area contributed by atoms with E-state index in [2.05, 4.69) is 10.4 Å². The maximum absolute atomic E-state index is 12.6. The first-order valence-corrected chi connectivity index (χ1v) is 9.27. The monoisotopic (exact) mass is 402 g/mol. The fourth-order valence-electron chi connectivity index (χ4n) is 2.92. The summed E-state index contributed by atoms with van der Waals surface area (Å²) in [6, 6.07) is 14.9. The number of hydrogen-bond donors (Lipinski definition) is 2. The van der Waals surface area contributed by atoms with Gasteiger partial charge in [0.2, 0.25) is 0 Å². The Morgan fingerprint density at radius 2 is 1.93 bits per heavy atom. The molecule has 1 atom stereocenters. The van der Waals surface area contributed by atoms with E-state index < -0.39 is 0 Å². The number of hydrogen-bond acceptors (Lipinski definition) is 3. The van der Waals surface area contributed by atoms with Crippen LogP contribution in [0, 0.1) is 0 Å². The molecule has 1 unspecified atom stereocenters. The van der Waals surface area contributed by atoms with Crippen molar-refractivity contribution >= 4 is 29.1 Å². The van der Waals surface area contributed by atoms with Gasteiger partial charge >= 0.3 is 0 Å². The molecule has 2 aromatic carbocycles. The summed E-state index contributed by atoms with van der Waals surface area (Å²) in [6.07, 6.45) is 2.22. The van der Waals surface area contributed by atoms with Crippen LogP contribution in [-0.4, -0.2) is 28.3 Å². The Morgan fingerprint density at radius 1 is 1.19 bits per heavy atom. The summed E-state index contributed by atoms with van der Waals surface area (Å²) >= 11 is 12.6. The standard InChI is InChI=1S/C20H20Cl2N4O/c1-26-19(18(22)12-24-26)16-8-7-14(10-17(16)21)20(27)25-15(11-23)9-13-5-3-2-4-6-13/h2-8,10,12,15H,9,11,23H2,1H3,(H,25,27). The third kappa shape index (κ3) is 4.50. The highest BCUT2D eigenvalue weighted by Gasteiger charge is 2.17. The van der Waals surface area contributed by atoms with Gasteiger partial charge in [0.1, 0.15) is 0 Å². The summed E-state index contributed by atoms with van der Waals surface area (Å²) in [6.45, 7) is 0.344. The van der Waals surface area contributed by atoms with E-state index in [4.69, 9.17) is 28.9 Å². The Kier molecular flexibility index (Phi) is 6.16. The van der Waals surface area contributed by atoms with E-state index in [1.165, 1.54) is 0 Å². The molecule has 7 heteroatoms. The van der Waals surface area contributed by atoms with Gasteiger partial charge in [-0.15, -0.1) is 0 Å². The van der Waals surface area contributed by atoms with Gasteiger partial charge in [-0.3, -0.25) is 9.48 Å². The zero-order chi connectivity index (χ0) is 19.4. The zero-order valence-electron chi connectivity index (χ0n) is 14.8. The fourth-order valence-corrected chi connectivity index (χ4v) is 3.46. The SMILES string of the molecule is Cn1ncc(Cl)c1-c1ccc(C(=O)NC(CN)Cc2ccccc2)cc1Cl. The van der Waals surface area contributed by atoms with Crippen LogP contribution in [-0.2, 0) is 13.5 Å². The molecule has 140 valence electrons. The van der Waals surface area contributed by atoms with Crippen molar-refractivity contribution in [1.82, 2.24) is 15.1 Å². The van der Waals surface area contributed by atoms with Crippen molar-refractivity contribution < 1.29 is 4.79 Å². The topological polar surface area (TPSA) is 72.9 Å². The Bertz CT molecular complexity index is 921. The van der Waals surface area contributed by atoms with Gasteiger partial charge in [0, 0.05) is 30.8 Å². The van der Waals surface area contributed by atoms with Crippen molar-refractivity contribution in [3.05, 3.63) is 75.9 Å². The maximum Gasteiger partial charge on any atom is 0.251 e. The number of rotatable bonds is 6. The normalized spacial score (nSPS) is 12.0. The van der Waals surface area contributed by atoms with Crippen LogP contribution in [0.4, 0.5) is 0 Å². The van der Waals surface area contributed by atoms with E-state index >= 15 is 0 Å². The molecule has 3 rings (SSSR count).